The van der Waals surface area contributed by atoms with Gasteiger partial charge in [0.25, 0.3) is 0 Å². The summed E-state index contributed by atoms with van der Waals surface area (Å²) in [4.78, 5) is 0. The van der Waals surface area contributed by atoms with Crippen molar-refractivity contribution in [3.05, 3.63) is 0 Å². The molecule has 2 rings (SSSR count). The van der Waals surface area contributed by atoms with Gasteiger partial charge in [-0.2, -0.15) is 0 Å². The smallest absolute Gasteiger partial charge is 0.0480 e. The van der Waals surface area contributed by atoms with E-state index in [9.17, 15) is 0 Å². The lowest BCUT2D eigenvalue weighted by atomic mass is 9.91. The third kappa shape index (κ3) is 2.20. The van der Waals surface area contributed by atoms with Crippen LogP contribution in [0.2, 0.25) is 0 Å². The fraction of sp³-hybridized carbons (Fsp3) is 1.00. The second-order valence-corrected chi connectivity index (χ2v) is 4.03. The van der Waals surface area contributed by atoms with Crippen LogP contribution in [0.3, 0.4) is 0 Å². The van der Waals surface area contributed by atoms with Crippen LogP contribution in [0.5, 0.6) is 0 Å². The zero-order valence-electron chi connectivity index (χ0n) is 7.72. The highest BCUT2D eigenvalue weighted by Gasteiger charge is 2.21. The summed E-state index contributed by atoms with van der Waals surface area (Å²) < 4.78 is 5.42. The molecular weight excluding hydrogens is 150 g/mol. The Morgan fingerprint density at radius 2 is 1.58 bits per heavy atom. The highest BCUT2D eigenvalue weighted by Crippen LogP contribution is 2.20. The molecule has 1 aliphatic carbocycles. The Morgan fingerprint density at radius 3 is 2.33 bits per heavy atom. The first-order chi connectivity index (χ1) is 5.95. The third-order valence-corrected chi connectivity index (χ3v) is 3.03. The first kappa shape index (κ1) is 8.52. The largest absolute Gasteiger partial charge is 0.381 e. The second kappa shape index (κ2) is 4.24. The van der Waals surface area contributed by atoms with Crippen LogP contribution in [0, 0.1) is 0 Å². The zero-order chi connectivity index (χ0) is 8.23. The summed E-state index contributed by atoms with van der Waals surface area (Å²) in [6.07, 6.45) is 8.01. The van der Waals surface area contributed by atoms with Gasteiger partial charge in [0, 0.05) is 25.3 Å². The Labute approximate surface area is 74.7 Å². The van der Waals surface area contributed by atoms with Crippen molar-refractivity contribution in [3.63, 3.8) is 0 Å². The van der Waals surface area contributed by atoms with E-state index in [4.69, 9.17) is 4.74 Å². The molecule has 2 nitrogen and oxygen atoms in total. The van der Waals surface area contributed by atoms with Gasteiger partial charge in [0.15, 0.2) is 0 Å². The minimum atomic E-state index is 0.748. The van der Waals surface area contributed by atoms with Gasteiger partial charge in [0.1, 0.15) is 0 Å². The monoisotopic (exact) mass is 169 g/mol. The van der Waals surface area contributed by atoms with Gasteiger partial charge in [0.05, 0.1) is 0 Å². The van der Waals surface area contributed by atoms with Gasteiger partial charge in [-0.15, -0.1) is 0 Å². The minimum Gasteiger partial charge on any atom is -0.381 e. The van der Waals surface area contributed by atoms with Crippen molar-refractivity contribution in [1.82, 2.24) is 5.32 Å². The van der Waals surface area contributed by atoms with Crippen LogP contribution < -0.4 is 5.32 Å². The van der Waals surface area contributed by atoms with Gasteiger partial charge in [0.2, 0.25) is 0 Å². The van der Waals surface area contributed by atoms with Crippen molar-refractivity contribution in [2.45, 2.75) is 50.6 Å². The van der Waals surface area contributed by atoms with Crippen LogP contribution in [0.1, 0.15) is 38.5 Å². The molecule has 0 spiro atoms. The summed E-state index contributed by atoms with van der Waals surface area (Å²) in [5, 5.41) is 3.72. The Morgan fingerprint density at radius 1 is 0.833 bits per heavy atom. The van der Waals surface area contributed by atoms with Crippen molar-refractivity contribution in [3.8, 4) is 0 Å². The Kier molecular flexibility index (Phi) is 3.01. The van der Waals surface area contributed by atoms with Crippen LogP contribution in [0.15, 0.2) is 0 Å². The zero-order valence-corrected chi connectivity index (χ0v) is 7.72. The molecule has 1 unspecified atom stereocenters. The molecule has 0 bridgehead atoms. The molecule has 1 heterocycles. The normalized spacial score (nSPS) is 32.5. The summed E-state index contributed by atoms with van der Waals surface area (Å²) >= 11 is 0. The molecule has 0 aromatic heterocycles. The molecule has 0 aromatic carbocycles. The molecule has 1 N–H and O–H groups in total. The molecule has 1 saturated heterocycles. The molecular formula is C10H19NO. The number of nitrogens with one attached hydrogen (secondary N) is 1. The van der Waals surface area contributed by atoms with Crippen LogP contribution in [-0.4, -0.2) is 25.3 Å². The first-order valence-corrected chi connectivity index (χ1v) is 5.29. The summed E-state index contributed by atoms with van der Waals surface area (Å²) in [6.45, 7) is 1.94. The highest BCUT2D eigenvalue weighted by atomic mass is 16.5. The second-order valence-electron chi connectivity index (χ2n) is 4.03. The molecule has 1 aliphatic heterocycles. The van der Waals surface area contributed by atoms with Crippen molar-refractivity contribution < 1.29 is 4.74 Å². The Hall–Kier alpha value is -0.0800. The maximum atomic E-state index is 5.42. The van der Waals surface area contributed by atoms with E-state index in [1.807, 2.05) is 0 Å². The molecule has 1 saturated carbocycles. The van der Waals surface area contributed by atoms with E-state index in [1.165, 1.54) is 38.5 Å². The summed E-state index contributed by atoms with van der Waals surface area (Å²) in [6, 6.07) is 1.59. The Balaban J connectivity index is 1.69. The quantitative estimate of drug-likeness (QED) is 0.679. The molecule has 0 radical (unpaired) electrons. The predicted molar refractivity (Wildman–Crippen MR) is 49.2 cm³/mol. The summed E-state index contributed by atoms with van der Waals surface area (Å²) in [5.41, 5.74) is 0. The molecule has 0 amide bonds. The van der Waals surface area contributed by atoms with E-state index in [1.54, 1.807) is 0 Å². The van der Waals surface area contributed by atoms with Crippen LogP contribution in [-0.2, 0) is 4.74 Å². The van der Waals surface area contributed by atoms with Gasteiger partial charge >= 0.3 is 0 Å². The molecule has 2 heteroatoms. The standard InChI is InChI=1S/C10H19NO/c1-3-9(4-1)11-10-5-2-7-12-8-6-10/h9-11H,1-8H2. The maximum absolute atomic E-state index is 5.42. The lowest BCUT2D eigenvalue weighted by Gasteiger charge is -2.30. The molecule has 0 aromatic rings. The van der Waals surface area contributed by atoms with Crippen LogP contribution >= 0.6 is 0 Å². The SMILES string of the molecule is C1CC(NC2CCCOCC2)C1. The number of rotatable bonds is 2. The molecule has 2 fully saturated rings. The number of ether oxygens (including phenoxy) is 1. The van der Waals surface area contributed by atoms with Crippen molar-refractivity contribution in [2.75, 3.05) is 13.2 Å². The molecule has 12 heavy (non-hydrogen) atoms. The van der Waals surface area contributed by atoms with E-state index < -0.39 is 0 Å². The average Bonchev–Trinajstić information content (AvgIpc) is 2.24. The van der Waals surface area contributed by atoms with Gasteiger partial charge in [-0.3, -0.25) is 0 Å². The van der Waals surface area contributed by atoms with Gasteiger partial charge < -0.3 is 10.1 Å². The van der Waals surface area contributed by atoms with Crippen molar-refractivity contribution in [1.29, 1.82) is 0 Å². The Bertz CT molecular complexity index is 126. The summed E-state index contributed by atoms with van der Waals surface area (Å²) in [5.74, 6) is 0. The van der Waals surface area contributed by atoms with Crippen LogP contribution in [0.25, 0.3) is 0 Å². The average molecular weight is 169 g/mol. The number of hydrogen-bond donors (Lipinski definition) is 1. The molecule has 2 aliphatic rings. The van der Waals surface area contributed by atoms with Gasteiger partial charge in [-0.25, -0.2) is 0 Å². The van der Waals surface area contributed by atoms with Gasteiger partial charge in [-0.05, 0) is 32.1 Å². The van der Waals surface area contributed by atoms with E-state index in [2.05, 4.69) is 5.32 Å². The highest BCUT2D eigenvalue weighted by molar-refractivity contribution is 4.81. The lowest BCUT2D eigenvalue weighted by Crippen LogP contribution is -2.42. The number of hydrogen-bond acceptors (Lipinski definition) is 2. The van der Waals surface area contributed by atoms with E-state index in [-0.39, 0.29) is 0 Å². The molecule has 70 valence electrons. The maximum Gasteiger partial charge on any atom is 0.0480 e. The van der Waals surface area contributed by atoms with Gasteiger partial charge in [-0.1, -0.05) is 6.42 Å². The molecule has 1 atom stereocenters. The van der Waals surface area contributed by atoms with E-state index in [0.717, 1.165) is 25.3 Å². The lowest BCUT2D eigenvalue weighted by molar-refractivity contribution is 0.141. The fourth-order valence-electron chi connectivity index (χ4n) is 1.98. The van der Waals surface area contributed by atoms with E-state index >= 15 is 0 Å². The first-order valence-electron chi connectivity index (χ1n) is 5.29. The minimum absolute atomic E-state index is 0.748. The van der Waals surface area contributed by atoms with Crippen LogP contribution in [0.4, 0.5) is 0 Å². The van der Waals surface area contributed by atoms with Crippen molar-refractivity contribution >= 4 is 0 Å². The third-order valence-electron chi connectivity index (χ3n) is 3.03. The summed E-state index contributed by atoms with van der Waals surface area (Å²) in [7, 11) is 0. The topological polar surface area (TPSA) is 21.3 Å². The predicted octanol–water partition coefficient (Wildman–Crippen LogP) is 1.70. The van der Waals surface area contributed by atoms with Crippen molar-refractivity contribution in [2.24, 2.45) is 0 Å². The van der Waals surface area contributed by atoms with E-state index in [0.29, 0.717) is 0 Å². The fourth-order valence-corrected chi connectivity index (χ4v) is 1.98.